The fraction of sp³-hybridized carbons (Fsp3) is 0.667. The van der Waals surface area contributed by atoms with E-state index in [0.29, 0.717) is 0 Å². The lowest BCUT2D eigenvalue weighted by molar-refractivity contribution is -0.147. The summed E-state index contributed by atoms with van der Waals surface area (Å²) in [5, 5.41) is 25.1. The molecule has 0 heterocycles. The van der Waals surface area contributed by atoms with Gasteiger partial charge in [-0.3, -0.25) is 24.2 Å². The van der Waals surface area contributed by atoms with Gasteiger partial charge in [0.25, 0.3) is 0 Å². The molecule has 0 rings (SSSR count). The molecule has 4 unspecified atom stereocenters. The molecule has 0 fully saturated rings. The predicted octanol–water partition coefficient (Wildman–Crippen LogP) is -3.03. The number of guanidine groups is 1. The lowest BCUT2D eigenvalue weighted by Crippen LogP contribution is -2.58. The van der Waals surface area contributed by atoms with Gasteiger partial charge in [-0.2, -0.15) is 12.6 Å². The fourth-order valence-electron chi connectivity index (χ4n) is 2.56. The van der Waals surface area contributed by atoms with Gasteiger partial charge in [0.15, 0.2) is 5.96 Å². The van der Waals surface area contributed by atoms with Crippen molar-refractivity contribution < 1.29 is 34.2 Å². The molecule has 0 aromatic carbocycles. The van der Waals surface area contributed by atoms with Gasteiger partial charge >= 0.3 is 11.9 Å². The number of hydrogen-bond acceptors (Lipinski definition) is 8. The van der Waals surface area contributed by atoms with E-state index in [0.717, 1.165) is 0 Å². The second-order valence-electron chi connectivity index (χ2n) is 7.53. The number of rotatable bonds is 15. The van der Waals surface area contributed by atoms with E-state index in [1.807, 2.05) is 0 Å². The Labute approximate surface area is 196 Å². The number of aliphatic carboxylic acids is 2. The maximum Gasteiger partial charge on any atom is 0.326 e. The number of nitrogens with one attached hydrogen (secondary N) is 3. The van der Waals surface area contributed by atoms with E-state index < -0.39 is 60.2 Å². The summed E-state index contributed by atoms with van der Waals surface area (Å²) in [6, 6.07) is -4.96. The second-order valence-corrected chi connectivity index (χ2v) is 7.89. The molecule has 0 spiro atoms. The molecule has 0 aromatic heterocycles. The largest absolute Gasteiger partial charge is 0.481 e. The van der Waals surface area contributed by atoms with Crippen LogP contribution in [0.3, 0.4) is 0 Å². The number of carboxylic acids is 2. The summed E-state index contributed by atoms with van der Waals surface area (Å²) in [7, 11) is 0. The molecule has 0 aliphatic rings. The van der Waals surface area contributed by atoms with Crippen LogP contribution in [0.25, 0.3) is 0 Å². The van der Waals surface area contributed by atoms with Gasteiger partial charge in [0.05, 0.1) is 12.5 Å². The van der Waals surface area contributed by atoms with Crippen molar-refractivity contribution >= 4 is 48.2 Å². The van der Waals surface area contributed by atoms with Crippen molar-refractivity contribution in [2.45, 2.75) is 57.3 Å². The Morgan fingerprint density at radius 1 is 0.939 bits per heavy atom. The van der Waals surface area contributed by atoms with Crippen LogP contribution in [0, 0.1) is 5.92 Å². The van der Waals surface area contributed by atoms with Gasteiger partial charge in [0, 0.05) is 12.3 Å². The van der Waals surface area contributed by atoms with Crippen molar-refractivity contribution in [3.8, 4) is 0 Å². The van der Waals surface area contributed by atoms with Gasteiger partial charge in [-0.1, -0.05) is 13.8 Å². The molecule has 0 radical (unpaired) electrons. The van der Waals surface area contributed by atoms with Crippen molar-refractivity contribution in [2.24, 2.45) is 28.1 Å². The molecule has 14 nitrogen and oxygen atoms in total. The summed E-state index contributed by atoms with van der Waals surface area (Å²) in [5.74, 6) is -5.72. The number of aliphatic imine (C=N–C) groups is 1. The fourth-order valence-corrected chi connectivity index (χ4v) is 2.72. The van der Waals surface area contributed by atoms with E-state index in [1.54, 1.807) is 13.8 Å². The number of amides is 3. The van der Waals surface area contributed by atoms with Gasteiger partial charge in [0.1, 0.15) is 18.1 Å². The van der Waals surface area contributed by atoms with Crippen LogP contribution < -0.4 is 33.2 Å². The molecule has 0 bridgehead atoms. The van der Waals surface area contributed by atoms with E-state index >= 15 is 0 Å². The summed E-state index contributed by atoms with van der Waals surface area (Å²) >= 11 is 3.94. The third-order valence-corrected chi connectivity index (χ3v) is 4.75. The molecule has 0 aliphatic carbocycles. The standard InChI is InChI=1S/C18H33N7O7S/c1-8(2)13(25-14(28)9(19)7-33)16(30)23-10(4-3-5-22-18(20)21)15(29)24-11(17(31)32)6-12(26)27/h8-11,13,33H,3-7,19H2,1-2H3,(H,23,30)(H,24,29)(H,25,28)(H,26,27)(H,31,32)(H4,20,21,22). The maximum atomic E-state index is 12.8. The van der Waals surface area contributed by atoms with Crippen LogP contribution in [0.5, 0.6) is 0 Å². The average Bonchev–Trinajstić information content (AvgIpc) is 2.71. The normalized spacial score (nSPS) is 14.3. The highest BCUT2D eigenvalue weighted by Gasteiger charge is 2.32. The molecule has 33 heavy (non-hydrogen) atoms. The van der Waals surface area contributed by atoms with Crippen LogP contribution >= 0.6 is 12.6 Å². The maximum absolute atomic E-state index is 12.8. The molecular weight excluding hydrogens is 458 g/mol. The smallest absolute Gasteiger partial charge is 0.326 e. The first-order chi connectivity index (χ1) is 15.3. The lowest BCUT2D eigenvalue weighted by Gasteiger charge is -2.26. The number of carbonyl (C=O) groups is 5. The number of hydrogen-bond donors (Lipinski definition) is 9. The molecular formula is C18H33N7O7S. The Balaban J connectivity index is 5.55. The molecule has 0 aromatic rings. The molecule has 4 atom stereocenters. The van der Waals surface area contributed by atoms with Crippen molar-refractivity contribution in [1.29, 1.82) is 0 Å². The highest BCUT2D eigenvalue weighted by Crippen LogP contribution is 2.07. The zero-order chi connectivity index (χ0) is 25.7. The first kappa shape index (κ1) is 29.9. The van der Waals surface area contributed by atoms with Crippen molar-refractivity contribution in [3.05, 3.63) is 0 Å². The monoisotopic (exact) mass is 491 g/mol. The van der Waals surface area contributed by atoms with Crippen molar-refractivity contribution in [3.63, 3.8) is 0 Å². The Morgan fingerprint density at radius 3 is 1.97 bits per heavy atom. The first-order valence-electron chi connectivity index (χ1n) is 10.1. The molecule has 0 aliphatic heterocycles. The zero-order valence-electron chi connectivity index (χ0n) is 18.5. The minimum Gasteiger partial charge on any atom is -0.481 e. The molecule has 0 saturated heterocycles. The van der Waals surface area contributed by atoms with Crippen LogP contribution in [0.15, 0.2) is 4.99 Å². The summed E-state index contributed by atoms with van der Waals surface area (Å²) in [6.45, 7) is 3.45. The van der Waals surface area contributed by atoms with Crippen LogP contribution in [0.1, 0.15) is 33.1 Å². The Hall–Kier alpha value is -3.07. The summed E-state index contributed by atoms with van der Waals surface area (Å²) in [4.78, 5) is 63.6. The Morgan fingerprint density at radius 2 is 1.52 bits per heavy atom. The third kappa shape index (κ3) is 11.9. The molecule has 188 valence electrons. The highest BCUT2D eigenvalue weighted by atomic mass is 32.1. The molecule has 15 heteroatoms. The van der Waals surface area contributed by atoms with Gasteiger partial charge in [0.2, 0.25) is 17.7 Å². The van der Waals surface area contributed by atoms with E-state index in [1.165, 1.54) is 0 Å². The number of nitrogens with two attached hydrogens (primary N) is 3. The summed E-state index contributed by atoms with van der Waals surface area (Å²) in [6.07, 6.45) is -0.624. The summed E-state index contributed by atoms with van der Waals surface area (Å²) < 4.78 is 0. The van der Waals surface area contributed by atoms with E-state index in [9.17, 15) is 24.0 Å². The van der Waals surface area contributed by atoms with E-state index in [4.69, 9.17) is 27.4 Å². The van der Waals surface area contributed by atoms with Crippen LogP contribution in [-0.4, -0.2) is 82.3 Å². The number of carbonyl (C=O) groups excluding carboxylic acids is 3. The van der Waals surface area contributed by atoms with E-state index in [-0.39, 0.29) is 37.0 Å². The van der Waals surface area contributed by atoms with Gasteiger partial charge < -0.3 is 43.4 Å². The summed E-state index contributed by atoms with van der Waals surface area (Å²) in [5.41, 5.74) is 16.1. The lowest BCUT2D eigenvalue weighted by atomic mass is 10.0. The Kier molecular flexibility index (Phi) is 13.5. The van der Waals surface area contributed by atoms with Crippen LogP contribution in [0.4, 0.5) is 0 Å². The van der Waals surface area contributed by atoms with Crippen LogP contribution in [-0.2, 0) is 24.0 Å². The SMILES string of the molecule is CC(C)C(NC(=O)C(N)CS)C(=O)NC(CCCN=C(N)N)C(=O)NC(CC(=O)O)C(=O)O. The minimum absolute atomic E-state index is 0.00266. The van der Waals surface area contributed by atoms with E-state index in [2.05, 4.69) is 33.6 Å². The quantitative estimate of drug-likeness (QED) is 0.0484. The average molecular weight is 492 g/mol. The van der Waals surface area contributed by atoms with Gasteiger partial charge in [-0.15, -0.1) is 0 Å². The third-order valence-electron chi connectivity index (χ3n) is 4.35. The highest BCUT2D eigenvalue weighted by molar-refractivity contribution is 7.80. The number of thiol groups is 1. The van der Waals surface area contributed by atoms with Crippen molar-refractivity contribution in [2.75, 3.05) is 12.3 Å². The zero-order valence-corrected chi connectivity index (χ0v) is 19.4. The second kappa shape index (κ2) is 14.9. The van der Waals surface area contributed by atoms with Crippen LogP contribution in [0.2, 0.25) is 0 Å². The van der Waals surface area contributed by atoms with Gasteiger partial charge in [-0.25, -0.2) is 4.79 Å². The number of nitrogens with zero attached hydrogens (tertiary/aromatic N) is 1. The Bertz CT molecular complexity index is 744. The minimum atomic E-state index is -1.71. The predicted molar refractivity (Wildman–Crippen MR) is 122 cm³/mol. The van der Waals surface area contributed by atoms with Gasteiger partial charge in [-0.05, 0) is 18.8 Å². The first-order valence-corrected chi connectivity index (χ1v) is 10.7. The molecule has 11 N–H and O–H groups in total. The molecule has 3 amide bonds. The number of carboxylic acid groups (broad SMARTS) is 2. The molecule has 0 saturated carbocycles. The topological polar surface area (TPSA) is 252 Å². The van der Waals surface area contributed by atoms with Crippen molar-refractivity contribution in [1.82, 2.24) is 16.0 Å².